The zero-order chi connectivity index (χ0) is 32.3. The third-order valence-corrected chi connectivity index (χ3v) is 7.68. The highest BCUT2D eigenvalue weighted by molar-refractivity contribution is 5.98. The number of unbranched alkanes of at least 4 members (excludes halogenated alkanes) is 6. The molecule has 6 N–H and O–H groups in total. The fourth-order valence-electron chi connectivity index (χ4n) is 4.87. The molecule has 44 heavy (non-hydrogen) atoms. The van der Waals surface area contributed by atoms with Crippen LogP contribution < -0.4 is 21.7 Å². The van der Waals surface area contributed by atoms with E-state index < -0.39 is 11.8 Å². The molecule has 0 bridgehead atoms. The van der Waals surface area contributed by atoms with Gasteiger partial charge in [0.2, 0.25) is 11.8 Å². The lowest BCUT2D eigenvalue weighted by molar-refractivity contribution is -0.126. The van der Waals surface area contributed by atoms with E-state index in [1.165, 1.54) is 12.1 Å². The second-order valence-corrected chi connectivity index (χ2v) is 11.3. The maximum absolute atomic E-state index is 12.6. The number of hydrogen-bond acceptors (Lipinski definition) is 6. The Morgan fingerprint density at radius 2 is 1.14 bits per heavy atom. The monoisotopic (exact) mass is 610 g/mol. The number of aryl methyl sites for hydroxylation is 2. The van der Waals surface area contributed by atoms with Crippen LogP contribution in [0.2, 0.25) is 0 Å². The Labute approximate surface area is 261 Å². The standard InChI is InChI=1S/C34H50N4O6/c1-4-7-14-24-18-20-29(39)27(22-24)33(43)37-35-31(41)17-13-11-9-10-12-16-26(6-3)32(42)36-38-34(44)28-23-25(15-8-5-2)19-21-30(28)40/h18-23,26,39-40H,4-17H2,1-3H3,(H,35,41)(H,36,42)(H,37,43)(H,38,44). The van der Waals surface area contributed by atoms with Crippen molar-refractivity contribution in [3.8, 4) is 11.5 Å². The molecule has 2 aromatic rings. The molecule has 2 aromatic carbocycles. The maximum atomic E-state index is 12.6. The molecule has 0 aliphatic heterocycles. The second-order valence-electron chi connectivity index (χ2n) is 11.3. The van der Waals surface area contributed by atoms with Gasteiger partial charge in [0, 0.05) is 12.3 Å². The molecule has 0 radical (unpaired) electrons. The summed E-state index contributed by atoms with van der Waals surface area (Å²) in [7, 11) is 0. The topological polar surface area (TPSA) is 157 Å². The van der Waals surface area contributed by atoms with Crippen LogP contribution in [0.1, 0.15) is 130 Å². The highest BCUT2D eigenvalue weighted by atomic mass is 16.3. The summed E-state index contributed by atoms with van der Waals surface area (Å²) >= 11 is 0. The van der Waals surface area contributed by atoms with E-state index in [0.29, 0.717) is 19.3 Å². The molecule has 242 valence electrons. The summed E-state index contributed by atoms with van der Waals surface area (Å²) in [5, 5.41) is 20.1. The van der Waals surface area contributed by atoms with E-state index in [1.807, 2.05) is 6.92 Å². The molecule has 0 aliphatic carbocycles. The van der Waals surface area contributed by atoms with E-state index >= 15 is 0 Å². The van der Waals surface area contributed by atoms with Gasteiger partial charge in [-0.1, -0.05) is 71.4 Å². The third kappa shape index (κ3) is 12.7. The number of carbonyl (C=O) groups excluding carboxylic acids is 4. The van der Waals surface area contributed by atoms with E-state index in [1.54, 1.807) is 24.3 Å². The Morgan fingerprint density at radius 1 is 0.636 bits per heavy atom. The minimum Gasteiger partial charge on any atom is -0.507 e. The molecule has 0 spiro atoms. The number of hydrogen-bond donors (Lipinski definition) is 6. The van der Waals surface area contributed by atoms with Crippen LogP contribution in [0.5, 0.6) is 11.5 Å². The lowest BCUT2D eigenvalue weighted by Crippen LogP contribution is -2.44. The number of amides is 4. The first-order chi connectivity index (χ1) is 21.2. The Morgan fingerprint density at radius 3 is 1.66 bits per heavy atom. The fourth-order valence-corrected chi connectivity index (χ4v) is 4.87. The molecule has 10 nitrogen and oxygen atoms in total. The van der Waals surface area contributed by atoms with Gasteiger partial charge < -0.3 is 10.2 Å². The molecule has 2 rings (SSSR count). The van der Waals surface area contributed by atoms with Gasteiger partial charge in [0.25, 0.3) is 11.8 Å². The Bertz CT molecular complexity index is 1230. The van der Waals surface area contributed by atoms with Crippen LogP contribution in [0, 0.1) is 5.92 Å². The van der Waals surface area contributed by atoms with E-state index in [2.05, 4.69) is 35.6 Å². The minimum atomic E-state index is -0.557. The van der Waals surface area contributed by atoms with Crippen LogP contribution in [-0.2, 0) is 22.4 Å². The molecule has 0 aliphatic rings. The number of phenols is 2. The average molecular weight is 611 g/mol. The molecule has 0 aromatic heterocycles. The summed E-state index contributed by atoms with van der Waals surface area (Å²) in [6.45, 7) is 6.10. The SMILES string of the molecule is CCCCc1ccc(O)c(C(=O)NNC(=O)CCCCCCCC(CC)C(=O)NNC(=O)c2cc(CCCC)ccc2O)c1. The Kier molecular flexibility index (Phi) is 16.4. The van der Waals surface area contributed by atoms with Crippen LogP contribution in [0.15, 0.2) is 36.4 Å². The number of phenolic OH excluding ortho intramolecular Hbond substituents is 2. The normalized spacial score (nSPS) is 11.4. The van der Waals surface area contributed by atoms with Gasteiger partial charge in [0.05, 0.1) is 11.1 Å². The van der Waals surface area contributed by atoms with Crippen molar-refractivity contribution in [3.05, 3.63) is 58.7 Å². The summed E-state index contributed by atoms with van der Waals surface area (Å²) < 4.78 is 0. The number of aromatic hydroxyl groups is 2. The van der Waals surface area contributed by atoms with E-state index in [4.69, 9.17) is 0 Å². The molecule has 0 heterocycles. The van der Waals surface area contributed by atoms with Crippen LogP contribution in [0.4, 0.5) is 0 Å². The highest BCUT2D eigenvalue weighted by Crippen LogP contribution is 2.21. The van der Waals surface area contributed by atoms with Crippen molar-refractivity contribution < 1.29 is 29.4 Å². The van der Waals surface area contributed by atoms with E-state index in [0.717, 1.165) is 75.3 Å². The Hall–Kier alpha value is -4.08. The van der Waals surface area contributed by atoms with E-state index in [9.17, 15) is 29.4 Å². The summed E-state index contributed by atoms with van der Waals surface area (Å²) in [5.74, 6) is -2.18. The fraction of sp³-hybridized carbons (Fsp3) is 0.529. The lowest BCUT2D eigenvalue weighted by atomic mass is 9.97. The van der Waals surface area contributed by atoms with Gasteiger partial charge in [-0.15, -0.1) is 0 Å². The lowest BCUT2D eigenvalue weighted by Gasteiger charge is -2.16. The Balaban J connectivity index is 1.63. The quantitative estimate of drug-likeness (QED) is 0.0930. The van der Waals surface area contributed by atoms with Gasteiger partial charge in [-0.3, -0.25) is 40.9 Å². The molecule has 0 saturated carbocycles. The number of benzene rings is 2. The zero-order valence-electron chi connectivity index (χ0n) is 26.5. The summed E-state index contributed by atoms with van der Waals surface area (Å²) in [6, 6.07) is 9.89. The largest absolute Gasteiger partial charge is 0.507 e. The van der Waals surface area contributed by atoms with Gasteiger partial charge >= 0.3 is 0 Å². The van der Waals surface area contributed by atoms with Crippen molar-refractivity contribution >= 4 is 23.6 Å². The van der Waals surface area contributed by atoms with Crippen LogP contribution >= 0.6 is 0 Å². The van der Waals surface area contributed by atoms with Gasteiger partial charge in [-0.2, -0.15) is 0 Å². The molecule has 0 fully saturated rings. The predicted molar refractivity (Wildman–Crippen MR) is 171 cm³/mol. The number of nitrogens with one attached hydrogen (secondary N) is 4. The summed E-state index contributed by atoms with van der Waals surface area (Å²) in [4.78, 5) is 49.8. The molecule has 10 heteroatoms. The first kappa shape index (κ1) is 36.1. The first-order valence-electron chi connectivity index (χ1n) is 16.0. The van der Waals surface area contributed by atoms with Crippen LogP contribution in [0.3, 0.4) is 0 Å². The van der Waals surface area contributed by atoms with Crippen molar-refractivity contribution in [2.75, 3.05) is 0 Å². The second kappa shape index (κ2) is 20.0. The van der Waals surface area contributed by atoms with Crippen LogP contribution in [-0.4, -0.2) is 33.8 Å². The van der Waals surface area contributed by atoms with Gasteiger partial charge in [-0.05, 0) is 80.3 Å². The summed E-state index contributed by atoms with van der Waals surface area (Å²) in [5.41, 5.74) is 11.9. The average Bonchev–Trinajstić information content (AvgIpc) is 3.02. The first-order valence-corrected chi connectivity index (χ1v) is 16.0. The third-order valence-electron chi connectivity index (χ3n) is 7.68. The van der Waals surface area contributed by atoms with Crippen molar-refractivity contribution in [1.82, 2.24) is 21.7 Å². The van der Waals surface area contributed by atoms with Crippen molar-refractivity contribution in [3.63, 3.8) is 0 Å². The van der Waals surface area contributed by atoms with Crippen molar-refractivity contribution in [1.29, 1.82) is 0 Å². The molecular weight excluding hydrogens is 560 g/mol. The van der Waals surface area contributed by atoms with E-state index in [-0.39, 0.29) is 46.8 Å². The van der Waals surface area contributed by atoms with Gasteiger partial charge in [0.1, 0.15) is 11.5 Å². The van der Waals surface area contributed by atoms with Crippen LogP contribution in [0.25, 0.3) is 0 Å². The minimum absolute atomic E-state index is 0.130. The van der Waals surface area contributed by atoms with Gasteiger partial charge in [-0.25, -0.2) is 0 Å². The highest BCUT2D eigenvalue weighted by Gasteiger charge is 2.18. The smallest absolute Gasteiger partial charge is 0.273 e. The predicted octanol–water partition coefficient (Wildman–Crippen LogP) is 5.76. The van der Waals surface area contributed by atoms with Gasteiger partial charge in [0.15, 0.2) is 0 Å². The molecule has 4 amide bonds. The van der Waals surface area contributed by atoms with Crippen molar-refractivity contribution in [2.24, 2.45) is 5.92 Å². The molecular formula is C34H50N4O6. The molecule has 1 unspecified atom stereocenters. The number of rotatable bonds is 18. The summed E-state index contributed by atoms with van der Waals surface area (Å²) in [6.07, 6.45) is 11.4. The molecule has 1 atom stereocenters. The zero-order valence-corrected chi connectivity index (χ0v) is 26.5. The van der Waals surface area contributed by atoms with Crippen molar-refractivity contribution in [2.45, 2.75) is 111 Å². The number of carbonyl (C=O) groups is 4. The molecule has 0 saturated heterocycles. The number of hydrazine groups is 2. The maximum Gasteiger partial charge on any atom is 0.273 e.